The van der Waals surface area contributed by atoms with E-state index in [1.807, 2.05) is 27.7 Å². The van der Waals surface area contributed by atoms with Crippen LogP contribution in [0.5, 0.6) is 5.88 Å². The van der Waals surface area contributed by atoms with Crippen LogP contribution in [0.2, 0.25) is 10.2 Å². The molecule has 0 radical (unpaired) electrons. The van der Waals surface area contributed by atoms with E-state index in [1.54, 1.807) is 11.8 Å². The van der Waals surface area contributed by atoms with E-state index in [0.717, 1.165) is 12.8 Å². The number of halogens is 2. The zero-order chi connectivity index (χ0) is 22.8. The van der Waals surface area contributed by atoms with Gasteiger partial charge < -0.3 is 24.8 Å². The van der Waals surface area contributed by atoms with Crippen LogP contribution in [-0.4, -0.2) is 59.3 Å². The Kier molecular flexibility index (Phi) is 10.6. The standard InChI is InChI=1S/C16H20Cl2N6O3.2C2H6/c1-25-10-6-19-14-11(17)7-20-16(22-14)21-12-13(18)24(23-15(12)27-8-10)9-2-4-26-5-3-9;2*1-2/h7,9-10H,2-6,8H2,1H3,(H2,19,20,21,22);2*1-2H3. The number of hydrogen-bond acceptors (Lipinski definition) is 8. The van der Waals surface area contributed by atoms with Crippen LogP contribution in [-0.2, 0) is 9.47 Å². The molecular weight excluding hydrogens is 443 g/mol. The van der Waals surface area contributed by atoms with E-state index >= 15 is 0 Å². The van der Waals surface area contributed by atoms with E-state index in [9.17, 15) is 0 Å². The first-order chi connectivity index (χ1) is 15.2. The van der Waals surface area contributed by atoms with Crippen molar-refractivity contribution in [2.75, 3.05) is 44.1 Å². The zero-order valence-corrected chi connectivity index (χ0v) is 20.3. The maximum absolute atomic E-state index is 6.64. The third kappa shape index (κ3) is 6.35. The van der Waals surface area contributed by atoms with Crippen LogP contribution < -0.4 is 15.4 Å². The summed E-state index contributed by atoms with van der Waals surface area (Å²) in [5, 5.41) is 11.7. The summed E-state index contributed by atoms with van der Waals surface area (Å²) < 4.78 is 18.6. The van der Waals surface area contributed by atoms with E-state index < -0.39 is 0 Å². The molecule has 0 aromatic carbocycles. The number of nitrogens with zero attached hydrogens (tertiary/aromatic N) is 4. The van der Waals surface area contributed by atoms with Crippen LogP contribution in [0.25, 0.3) is 0 Å². The Bertz CT molecular complexity index is 814. The third-order valence-electron chi connectivity index (χ3n) is 4.57. The predicted molar refractivity (Wildman–Crippen MR) is 124 cm³/mol. The van der Waals surface area contributed by atoms with Gasteiger partial charge in [0.05, 0.1) is 12.2 Å². The van der Waals surface area contributed by atoms with Gasteiger partial charge in [0.1, 0.15) is 23.4 Å². The lowest BCUT2D eigenvalue weighted by Gasteiger charge is -2.22. The molecule has 1 atom stereocenters. The molecule has 2 bridgehead atoms. The molecule has 31 heavy (non-hydrogen) atoms. The van der Waals surface area contributed by atoms with Crippen LogP contribution in [0.1, 0.15) is 46.6 Å². The van der Waals surface area contributed by atoms with Gasteiger partial charge >= 0.3 is 0 Å². The van der Waals surface area contributed by atoms with Gasteiger partial charge in [0.15, 0.2) is 11.0 Å². The van der Waals surface area contributed by atoms with E-state index in [1.165, 1.54) is 6.20 Å². The molecule has 4 rings (SSSR count). The normalized spacial score (nSPS) is 18.4. The first-order valence-corrected chi connectivity index (χ1v) is 11.5. The molecule has 0 spiro atoms. The van der Waals surface area contributed by atoms with Gasteiger partial charge in [0.2, 0.25) is 5.95 Å². The Hall–Kier alpha value is -1.81. The molecule has 11 heteroatoms. The monoisotopic (exact) mass is 474 g/mol. The summed E-state index contributed by atoms with van der Waals surface area (Å²) in [6.07, 6.45) is 2.98. The molecule has 0 saturated carbocycles. The second-order valence-electron chi connectivity index (χ2n) is 6.32. The van der Waals surface area contributed by atoms with E-state index in [-0.39, 0.29) is 12.1 Å². The van der Waals surface area contributed by atoms with E-state index in [2.05, 4.69) is 25.7 Å². The molecule has 0 amide bonds. The summed E-state index contributed by atoms with van der Waals surface area (Å²) >= 11 is 12.8. The summed E-state index contributed by atoms with van der Waals surface area (Å²) in [5.74, 6) is 1.24. The predicted octanol–water partition coefficient (Wildman–Crippen LogP) is 4.95. The number of anilines is 3. The molecule has 0 aliphatic carbocycles. The fraction of sp³-hybridized carbons (Fsp3) is 0.650. The molecule has 1 fully saturated rings. The lowest BCUT2D eigenvalue weighted by Crippen LogP contribution is -2.29. The van der Waals surface area contributed by atoms with Gasteiger partial charge in [-0.05, 0) is 12.8 Å². The van der Waals surface area contributed by atoms with Crippen molar-refractivity contribution >= 4 is 40.7 Å². The van der Waals surface area contributed by atoms with Gasteiger partial charge in [0.25, 0.3) is 5.88 Å². The number of fused-ring (bicyclic) bond motifs is 3. The SMILES string of the molecule is CC.CC.COC1CNc2nc(ncc2Cl)Nc2c(nn(C3CCOCC3)c2Cl)OC1. The highest BCUT2D eigenvalue weighted by Gasteiger charge is 2.27. The van der Waals surface area contributed by atoms with Crippen molar-refractivity contribution in [2.24, 2.45) is 0 Å². The van der Waals surface area contributed by atoms with Crippen LogP contribution in [0.3, 0.4) is 0 Å². The molecule has 9 nitrogen and oxygen atoms in total. The van der Waals surface area contributed by atoms with Crippen molar-refractivity contribution in [3.05, 3.63) is 16.4 Å². The number of methoxy groups -OCH3 is 1. The maximum atomic E-state index is 6.64. The highest BCUT2D eigenvalue weighted by Crippen LogP contribution is 2.38. The molecule has 2 aromatic heterocycles. The number of aromatic nitrogens is 4. The van der Waals surface area contributed by atoms with Gasteiger partial charge in [-0.15, -0.1) is 5.10 Å². The van der Waals surface area contributed by atoms with Gasteiger partial charge in [-0.1, -0.05) is 50.9 Å². The second-order valence-corrected chi connectivity index (χ2v) is 7.09. The highest BCUT2D eigenvalue weighted by molar-refractivity contribution is 6.33. The molecule has 2 aromatic rings. The zero-order valence-electron chi connectivity index (χ0n) is 18.7. The average molecular weight is 475 g/mol. The maximum Gasteiger partial charge on any atom is 0.258 e. The van der Waals surface area contributed by atoms with Crippen molar-refractivity contribution in [3.8, 4) is 5.88 Å². The molecule has 2 N–H and O–H groups in total. The minimum atomic E-state index is -0.225. The van der Waals surface area contributed by atoms with Gasteiger partial charge in [0, 0.05) is 26.9 Å². The third-order valence-corrected chi connectivity index (χ3v) is 5.21. The van der Waals surface area contributed by atoms with Crippen LogP contribution in [0.4, 0.5) is 17.5 Å². The van der Waals surface area contributed by atoms with Crippen molar-refractivity contribution in [2.45, 2.75) is 52.7 Å². The number of hydrogen-bond donors (Lipinski definition) is 2. The topological polar surface area (TPSA) is 95.4 Å². The average Bonchev–Trinajstić information content (AvgIpc) is 3.12. The minimum absolute atomic E-state index is 0.152. The smallest absolute Gasteiger partial charge is 0.258 e. The fourth-order valence-electron chi connectivity index (χ4n) is 3.03. The summed E-state index contributed by atoms with van der Waals surface area (Å²) in [5.41, 5.74) is 0.521. The summed E-state index contributed by atoms with van der Waals surface area (Å²) in [6, 6.07) is 0.152. The van der Waals surface area contributed by atoms with Crippen molar-refractivity contribution < 1.29 is 14.2 Å². The minimum Gasteiger partial charge on any atom is -0.472 e. The lowest BCUT2D eigenvalue weighted by molar-refractivity contribution is 0.0607. The van der Waals surface area contributed by atoms with E-state index in [4.69, 9.17) is 37.4 Å². The molecule has 1 saturated heterocycles. The van der Waals surface area contributed by atoms with Crippen LogP contribution >= 0.6 is 23.2 Å². The summed E-state index contributed by atoms with van der Waals surface area (Å²) in [6.45, 7) is 10.1. The quantitative estimate of drug-likeness (QED) is 0.630. The number of rotatable bonds is 2. The van der Waals surface area contributed by atoms with Crippen molar-refractivity contribution in [1.29, 1.82) is 0 Å². The molecule has 2 aliphatic rings. The van der Waals surface area contributed by atoms with E-state index in [0.29, 0.717) is 59.9 Å². The highest BCUT2D eigenvalue weighted by atomic mass is 35.5. The van der Waals surface area contributed by atoms with Crippen LogP contribution in [0.15, 0.2) is 6.20 Å². The molecule has 4 heterocycles. The Balaban J connectivity index is 0.000000807. The van der Waals surface area contributed by atoms with Crippen molar-refractivity contribution in [1.82, 2.24) is 19.7 Å². The lowest BCUT2D eigenvalue weighted by atomic mass is 10.1. The Labute approximate surface area is 193 Å². The summed E-state index contributed by atoms with van der Waals surface area (Å²) in [4.78, 5) is 8.63. The van der Waals surface area contributed by atoms with Gasteiger partial charge in [-0.25, -0.2) is 9.67 Å². The second kappa shape index (κ2) is 12.9. The molecular formula is C20H32Cl2N6O3. The van der Waals surface area contributed by atoms with Gasteiger partial charge in [-0.2, -0.15) is 4.98 Å². The Morgan fingerprint density at radius 3 is 2.55 bits per heavy atom. The number of nitrogens with one attached hydrogen (secondary N) is 2. The molecule has 1 unspecified atom stereocenters. The fourth-order valence-corrected chi connectivity index (χ4v) is 3.49. The molecule has 2 aliphatic heterocycles. The number of ether oxygens (including phenoxy) is 3. The Morgan fingerprint density at radius 1 is 1.16 bits per heavy atom. The molecule has 174 valence electrons. The van der Waals surface area contributed by atoms with Crippen LogP contribution in [0, 0.1) is 0 Å². The first-order valence-electron chi connectivity index (χ1n) is 10.7. The Morgan fingerprint density at radius 2 is 1.87 bits per heavy atom. The van der Waals surface area contributed by atoms with Gasteiger partial charge in [-0.3, -0.25) is 0 Å². The largest absolute Gasteiger partial charge is 0.472 e. The first kappa shape index (κ1) is 25.5. The van der Waals surface area contributed by atoms with Crippen molar-refractivity contribution in [3.63, 3.8) is 0 Å². The summed E-state index contributed by atoms with van der Waals surface area (Å²) in [7, 11) is 1.62.